The summed E-state index contributed by atoms with van der Waals surface area (Å²) in [5, 5.41) is 2.53. The van der Waals surface area contributed by atoms with Crippen LogP contribution in [-0.2, 0) is 14.6 Å². The Hall–Kier alpha value is -3.65. The van der Waals surface area contributed by atoms with Crippen molar-refractivity contribution in [3.05, 3.63) is 78.2 Å². The van der Waals surface area contributed by atoms with Crippen LogP contribution in [0.25, 0.3) is 22.4 Å². The number of H-pyrrole nitrogens is 2. The lowest BCUT2D eigenvalue weighted by Crippen LogP contribution is -2.23. The third kappa shape index (κ3) is 4.59. The molecule has 0 saturated carbocycles. The lowest BCUT2D eigenvalue weighted by atomic mass is 10.1. The number of benzene rings is 2. The summed E-state index contributed by atoms with van der Waals surface area (Å²) < 4.78 is 25.8. The third-order valence-electron chi connectivity index (χ3n) is 4.92. The van der Waals surface area contributed by atoms with Crippen molar-refractivity contribution in [2.24, 2.45) is 0 Å². The molecule has 0 aliphatic heterocycles. The number of amides is 1. The molecule has 3 N–H and O–H groups in total. The standard InChI is InChI=1S/C23H22N4O3S/c1-15-3-7-17(8-4-15)19-11-24-13-21(19)31(29,30)14-22(28)27-23-25-12-20(26-23)18-9-5-16(2)6-10-18/h3-13,24H,14H2,1-2H3,(H2,25,26,27,28). The van der Waals surface area contributed by atoms with E-state index in [9.17, 15) is 13.2 Å². The van der Waals surface area contributed by atoms with Crippen LogP contribution in [0.15, 0.2) is 72.0 Å². The van der Waals surface area contributed by atoms with Gasteiger partial charge in [0.2, 0.25) is 11.9 Å². The molecule has 158 valence electrons. The van der Waals surface area contributed by atoms with Gasteiger partial charge in [0, 0.05) is 18.0 Å². The number of carbonyl (C=O) groups excluding carboxylic acids is 1. The minimum atomic E-state index is -3.86. The number of nitrogens with zero attached hydrogens (tertiary/aromatic N) is 1. The Kier molecular flexibility index (Phi) is 5.48. The highest BCUT2D eigenvalue weighted by atomic mass is 32.2. The van der Waals surface area contributed by atoms with Crippen LogP contribution in [0.1, 0.15) is 11.1 Å². The van der Waals surface area contributed by atoms with Gasteiger partial charge >= 0.3 is 0 Å². The number of hydrogen-bond donors (Lipinski definition) is 3. The van der Waals surface area contributed by atoms with Gasteiger partial charge in [-0.3, -0.25) is 10.1 Å². The van der Waals surface area contributed by atoms with Crippen molar-refractivity contribution in [2.75, 3.05) is 11.1 Å². The number of sulfone groups is 1. The molecule has 0 spiro atoms. The fraction of sp³-hybridized carbons (Fsp3) is 0.130. The first-order chi connectivity index (χ1) is 14.8. The second-order valence-electron chi connectivity index (χ2n) is 7.42. The second kappa shape index (κ2) is 8.23. The summed E-state index contributed by atoms with van der Waals surface area (Å²) in [4.78, 5) is 22.5. The van der Waals surface area contributed by atoms with Crippen LogP contribution in [-0.4, -0.2) is 35.0 Å². The number of anilines is 1. The van der Waals surface area contributed by atoms with Gasteiger partial charge in [0.25, 0.3) is 0 Å². The Bertz CT molecular complexity index is 1320. The lowest BCUT2D eigenvalue weighted by Gasteiger charge is -2.07. The molecule has 1 amide bonds. The van der Waals surface area contributed by atoms with Crippen molar-refractivity contribution >= 4 is 21.7 Å². The summed E-state index contributed by atoms with van der Waals surface area (Å²) in [5.74, 6) is -1.16. The predicted octanol–water partition coefficient (Wildman–Crippen LogP) is 4.10. The van der Waals surface area contributed by atoms with Gasteiger partial charge in [0.1, 0.15) is 5.75 Å². The topological polar surface area (TPSA) is 108 Å². The molecule has 0 saturated heterocycles. The molecule has 0 aliphatic carbocycles. The van der Waals surface area contributed by atoms with E-state index in [-0.39, 0.29) is 10.8 Å². The molecule has 2 aromatic carbocycles. The van der Waals surface area contributed by atoms with Crippen LogP contribution in [0.2, 0.25) is 0 Å². The van der Waals surface area contributed by atoms with Crippen LogP contribution in [0, 0.1) is 13.8 Å². The van der Waals surface area contributed by atoms with Gasteiger partial charge in [-0.25, -0.2) is 13.4 Å². The average molecular weight is 435 g/mol. The largest absolute Gasteiger partial charge is 0.366 e. The number of rotatable bonds is 6. The van der Waals surface area contributed by atoms with Crippen LogP contribution in [0.4, 0.5) is 5.95 Å². The van der Waals surface area contributed by atoms with E-state index in [0.29, 0.717) is 5.56 Å². The Morgan fingerprint density at radius 1 is 0.935 bits per heavy atom. The van der Waals surface area contributed by atoms with Crippen LogP contribution in [0.3, 0.4) is 0 Å². The summed E-state index contributed by atoms with van der Waals surface area (Å²) in [6.45, 7) is 3.96. The molecular weight excluding hydrogens is 412 g/mol. The predicted molar refractivity (Wildman–Crippen MR) is 120 cm³/mol. The van der Waals surface area contributed by atoms with Gasteiger partial charge in [-0.1, -0.05) is 59.7 Å². The molecule has 7 nitrogen and oxygen atoms in total. The molecule has 2 aromatic heterocycles. The molecule has 4 aromatic rings. The zero-order chi connectivity index (χ0) is 22.0. The van der Waals surface area contributed by atoms with Crippen molar-refractivity contribution in [1.82, 2.24) is 15.0 Å². The fourth-order valence-corrected chi connectivity index (χ4v) is 4.58. The van der Waals surface area contributed by atoms with E-state index in [1.54, 1.807) is 12.4 Å². The van der Waals surface area contributed by atoms with E-state index in [4.69, 9.17) is 0 Å². The number of imidazole rings is 1. The molecule has 2 heterocycles. The average Bonchev–Trinajstić information content (AvgIpc) is 3.39. The first-order valence-electron chi connectivity index (χ1n) is 9.70. The maximum absolute atomic E-state index is 12.9. The molecular formula is C23H22N4O3S. The van der Waals surface area contributed by atoms with Gasteiger partial charge in [0.15, 0.2) is 9.84 Å². The molecule has 0 atom stereocenters. The van der Waals surface area contributed by atoms with Crippen molar-refractivity contribution in [2.45, 2.75) is 18.7 Å². The van der Waals surface area contributed by atoms with Crippen molar-refractivity contribution in [3.63, 3.8) is 0 Å². The van der Waals surface area contributed by atoms with E-state index in [1.165, 1.54) is 6.20 Å². The Morgan fingerprint density at radius 3 is 2.19 bits per heavy atom. The Labute approximate surface area is 180 Å². The van der Waals surface area contributed by atoms with E-state index in [2.05, 4.69) is 20.3 Å². The molecule has 4 rings (SSSR count). The van der Waals surface area contributed by atoms with E-state index < -0.39 is 21.5 Å². The van der Waals surface area contributed by atoms with Crippen LogP contribution in [0.5, 0.6) is 0 Å². The fourth-order valence-electron chi connectivity index (χ4n) is 3.25. The van der Waals surface area contributed by atoms with Crippen LogP contribution >= 0.6 is 0 Å². The van der Waals surface area contributed by atoms with Gasteiger partial charge in [-0.2, -0.15) is 0 Å². The smallest absolute Gasteiger partial charge is 0.242 e. The van der Waals surface area contributed by atoms with Gasteiger partial charge in [0.05, 0.1) is 16.8 Å². The maximum Gasteiger partial charge on any atom is 0.242 e. The zero-order valence-electron chi connectivity index (χ0n) is 17.1. The van der Waals surface area contributed by atoms with Crippen molar-refractivity contribution in [3.8, 4) is 22.4 Å². The zero-order valence-corrected chi connectivity index (χ0v) is 18.0. The monoisotopic (exact) mass is 434 g/mol. The van der Waals surface area contributed by atoms with Crippen molar-refractivity contribution < 1.29 is 13.2 Å². The van der Waals surface area contributed by atoms with E-state index >= 15 is 0 Å². The maximum atomic E-state index is 12.9. The summed E-state index contributed by atoms with van der Waals surface area (Å²) in [5.41, 5.74) is 5.15. The summed E-state index contributed by atoms with van der Waals surface area (Å²) >= 11 is 0. The highest BCUT2D eigenvalue weighted by Gasteiger charge is 2.24. The summed E-state index contributed by atoms with van der Waals surface area (Å²) in [6, 6.07) is 15.4. The van der Waals surface area contributed by atoms with E-state index in [1.807, 2.05) is 62.4 Å². The normalized spacial score (nSPS) is 11.4. The molecule has 31 heavy (non-hydrogen) atoms. The number of aryl methyl sites for hydroxylation is 2. The number of aromatic amines is 2. The molecule has 0 fully saturated rings. The Balaban J connectivity index is 1.48. The van der Waals surface area contributed by atoms with E-state index in [0.717, 1.165) is 27.9 Å². The number of nitrogens with one attached hydrogen (secondary N) is 3. The quantitative estimate of drug-likeness (QED) is 0.425. The minimum Gasteiger partial charge on any atom is -0.366 e. The highest BCUT2D eigenvalue weighted by molar-refractivity contribution is 7.92. The first-order valence-corrected chi connectivity index (χ1v) is 11.4. The minimum absolute atomic E-state index is 0.0892. The molecule has 0 unspecified atom stereocenters. The summed E-state index contributed by atoms with van der Waals surface area (Å²) in [6.07, 6.45) is 4.62. The Morgan fingerprint density at radius 2 is 1.55 bits per heavy atom. The SMILES string of the molecule is Cc1ccc(-c2cnc(NC(=O)CS(=O)(=O)c3c[nH]cc3-c3ccc(C)cc3)[nH]2)cc1. The first kappa shape index (κ1) is 20.6. The molecule has 0 radical (unpaired) electrons. The lowest BCUT2D eigenvalue weighted by molar-refractivity contribution is -0.113. The second-order valence-corrected chi connectivity index (χ2v) is 9.38. The summed E-state index contributed by atoms with van der Waals surface area (Å²) in [7, 11) is -3.86. The van der Waals surface area contributed by atoms with Crippen LogP contribution < -0.4 is 5.32 Å². The molecule has 0 bridgehead atoms. The highest BCUT2D eigenvalue weighted by Crippen LogP contribution is 2.28. The number of carbonyl (C=O) groups is 1. The molecule has 8 heteroatoms. The number of aromatic nitrogens is 3. The van der Waals surface area contributed by atoms with Crippen molar-refractivity contribution in [1.29, 1.82) is 0 Å². The van der Waals surface area contributed by atoms with Gasteiger partial charge < -0.3 is 9.97 Å². The van der Waals surface area contributed by atoms with Gasteiger partial charge in [-0.05, 0) is 25.0 Å². The number of hydrogen-bond acceptors (Lipinski definition) is 4. The molecule has 0 aliphatic rings. The van der Waals surface area contributed by atoms with Gasteiger partial charge in [-0.15, -0.1) is 0 Å². The third-order valence-corrected chi connectivity index (χ3v) is 6.57.